The van der Waals surface area contributed by atoms with Gasteiger partial charge in [-0.2, -0.15) is 5.26 Å². The largest absolute Gasteiger partial charge is 0.348 e. The van der Waals surface area contributed by atoms with Crippen LogP contribution < -0.4 is 10.6 Å². The van der Waals surface area contributed by atoms with Crippen LogP contribution in [-0.4, -0.2) is 51.8 Å². The first kappa shape index (κ1) is 20.4. The van der Waals surface area contributed by atoms with E-state index in [4.69, 9.17) is 5.26 Å². The lowest BCUT2D eigenvalue weighted by Crippen LogP contribution is -2.43. The zero-order valence-electron chi connectivity index (χ0n) is 15.8. The molecule has 0 bridgehead atoms. The SMILES string of the molecule is Cc1nnsc1C(=O)N1CCC(CNC(=O)C(=O)Nc2ccccc2C#N)CC1. The fraction of sp³-hybridized carbons (Fsp3) is 0.368. The van der Waals surface area contributed by atoms with E-state index in [1.165, 1.54) is 0 Å². The Balaban J connectivity index is 1.44. The third kappa shape index (κ3) is 4.94. The summed E-state index contributed by atoms with van der Waals surface area (Å²) in [6, 6.07) is 8.45. The van der Waals surface area contributed by atoms with Crippen molar-refractivity contribution >= 4 is 34.9 Å². The number of hydrogen-bond acceptors (Lipinski definition) is 7. The van der Waals surface area contributed by atoms with E-state index in [0.29, 0.717) is 35.9 Å². The first-order valence-electron chi connectivity index (χ1n) is 9.16. The van der Waals surface area contributed by atoms with Crippen LogP contribution in [0.25, 0.3) is 0 Å². The summed E-state index contributed by atoms with van der Waals surface area (Å²) in [5.41, 5.74) is 1.23. The number of anilines is 1. The minimum Gasteiger partial charge on any atom is -0.348 e. The average Bonchev–Trinajstić information content (AvgIpc) is 3.18. The van der Waals surface area contributed by atoms with E-state index in [0.717, 1.165) is 24.4 Å². The van der Waals surface area contributed by atoms with Crippen LogP contribution in [-0.2, 0) is 9.59 Å². The van der Waals surface area contributed by atoms with Crippen molar-refractivity contribution in [1.29, 1.82) is 5.26 Å². The molecule has 1 aliphatic heterocycles. The summed E-state index contributed by atoms with van der Waals surface area (Å²) in [5.74, 6) is -1.44. The number of nitrogens with zero attached hydrogens (tertiary/aromatic N) is 4. The van der Waals surface area contributed by atoms with Gasteiger partial charge in [-0.3, -0.25) is 14.4 Å². The predicted molar refractivity (Wildman–Crippen MR) is 106 cm³/mol. The lowest BCUT2D eigenvalue weighted by Gasteiger charge is -2.31. The number of nitriles is 1. The molecule has 9 nitrogen and oxygen atoms in total. The highest BCUT2D eigenvalue weighted by atomic mass is 32.1. The summed E-state index contributed by atoms with van der Waals surface area (Å²) in [6.45, 7) is 3.28. The van der Waals surface area contributed by atoms with Crippen molar-refractivity contribution < 1.29 is 14.4 Å². The standard InChI is InChI=1S/C19H20N6O3S/c1-12-16(29-24-23-12)19(28)25-8-6-13(7-9-25)11-21-17(26)18(27)22-15-5-3-2-4-14(15)10-20/h2-5,13H,6-9,11H2,1H3,(H,21,26)(H,22,27). The van der Waals surface area contributed by atoms with Crippen molar-refractivity contribution in [2.45, 2.75) is 19.8 Å². The van der Waals surface area contributed by atoms with Crippen molar-refractivity contribution in [2.24, 2.45) is 5.92 Å². The minimum atomic E-state index is -0.812. The number of carbonyl (C=O) groups excluding carboxylic acids is 3. The highest BCUT2D eigenvalue weighted by Crippen LogP contribution is 2.20. The van der Waals surface area contributed by atoms with E-state index >= 15 is 0 Å². The Morgan fingerprint density at radius 2 is 1.97 bits per heavy atom. The van der Waals surface area contributed by atoms with Crippen molar-refractivity contribution in [3.63, 3.8) is 0 Å². The molecule has 3 rings (SSSR count). The highest BCUT2D eigenvalue weighted by molar-refractivity contribution is 7.07. The van der Waals surface area contributed by atoms with E-state index in [1.807, 2.05) is 6.07 Å². The Kier molecular flexibility index (Phi) is 6.51. The lowest BCUT2D eigenvalue weighted by molar-refractivity contribution is -0.136. The summed E-state index contributed by atoms with van der Waals surface area (Å²) in [7, 11) is 0. The second kappa shape index (κ2) is 9.25. The van der Waals surface area contributed by atoms with Gasteiger partial charge >= 0.3 is 11.8 Å². The van der Waals surface area contributed by atoms with Gasteiger partial charge in [0.25, 0.3) is 5.91 Å². The smallest absolute Gasteiger partial charge is 0.313 e. The van der Waals surface area contributed by atoms with E-state index in [1.54, 1.807) is 36.1 Å². The third-order valence-electron chi connectivity index (χ3n) is 4.80. The van der Waals surface area contributed by atoms with Gasteiger partial charge in [-0.15, -0.1) is 5.10 Å². The second-order valence-electron chi connectivity index (χ2n) is 6.74. The lowest BCUT2D eigenvalue weighted by atomic mass is 9.96. The molecule has 0 atom stereocenters. The van der Waals surface area contributed by atoms with Gasteiger partial charge in [0.15, 0.2) is 0 Å². The molecule has 1 aromatic heterocycles. The molecule has 0 saturated carbocycles. The number of para-hydroxylation sites is 1. The molecule has 150 valence electrons. The number of rotatable bonds is 4. The Morgan fingerprint density at radius 1 is 1.24 bits per heavy atom. The number of nitrogens with one attached hydrogen (secondary N) is 2. The van der Waals surface area contributed by atoms with Gasteiger partial charge in [-0.05, 0) is 49.3 Å². The Morgan fingerprint density at radius 3 is 2.62 bits per heavy atom. The third-order valence-corrected chi connectivity index (χ3v) is 5.62. The molecule has 1 fully saturated rings. The number of piperidine rings is 1. The van der Waals surface area contributed by atoms with E-state index in [-0.39, 0.29) is 17.4 Å². The maximum Gasteiger partial charge on any atom is 0.313 e. The van der Waals surface area contributed by atoms with Crippen LogP contribution in [0.15, 0.2) is 24.3 Å². The summed E-state index contributed by atoms with van der Waals surface area (Å²) in [6.07, 6.45) is 1.46. The molecular weight excluding hydrogens is 392 g/mol. The number of likely N-dealkylation sites (tertiary alicyclic amines) is 1. The minimum absolute atomic E-state index is 0.0597. The Bertz CT molecular complexity index is 959. The molecule has 2 aromatic rings. The van der Waals surface area contributed by atoms with Gasteiger partial charge < -0.3 is 15.5 Å². The molecular formula is C19H20N6O3S. The molecule has 0 aliphatic carbocycles. The fourth-order valence-corrected chi connectivity index (χ4v) is 3.72. The van der Waals surface area contributed by atoms with Gasteiger partial charge in [0, 0.05) is 19.6 Å². The second-order valence-corrected chi connectivity index (χ2v) is 7.50. The van der Waals surface area contributed by atoms with Gasteiger partial charge in [-0.1, -0.05) is 16.6 Å². The molecule has 1 aromatic carbocycles. The molecule has 0 radical (unpaired) electrons. The van der Waals surface area contributed by atoms with E-state index < -0.39 is 11.8 Å². The molecule has 2 N–H and O–H groups in total. The molecule has 3 amide bonds. The van der Waals surface area contributed by atoms with Crippen molar-refractivity contribution in [1.82, 2.24) is 19.8 Å². The molecule has 0 unspecified atom stereocenters. The monoisotopic (exact) mass is 412 g/mol. The van der Waals surface area contributed by atoms with Crippen LogP contribution in [0.5, 0.6) is 0 Å². The molecule has 10 heteroatoms. The van der Waals surface area contributed by atoms with Crippen molar-refractivity contribution in [3.8, 4) is 6.07 Å². The van der Waals surface area contributed by atoms with Crippen molar-refractivity contribution in [3.05, 3.63) is 40.4 Å². The first-order valence-corrected chi connectivity index (χ1v) is 9.93. The number of carbonyl (C=O) groups is 3. The quantitative estimate of drug-likeness (QED) is 0.729. The van der Waals surface area contributed by atoms with Crippen LogP contribution in [0.4, 0.5) is 5.69 Å². The van der Waals surface area contributed by atoms with Crippen LogP contribution in [0.2, 0.25) is 0 Å². The Labute approximate surface area is 171 Å². The van der Waals surface area contributed by atoms with Gasteiger partial charge in [0.1, 0.15) is 10.9 Å². The van der Waals surface area contributed by atoms with E-state index in [2.05, 4.69) is 20.2 Å². The van der Waals surface area contributed by atoms with Crippen LogP contribution >= 0.6 is 11.5 Å². The highest BCUT2D eigenvalue weighted by Gasteiger charge is 2.26. The summed E-state index contributed by atoms with van der Waals surface area (Å²) in [4.78, 5) is 38.9. The molecule has 0 spiro atoms. The zero-order chi connectivity index (χ0) is 20.8. The van der Waals surface area contributed by atoms with Crippen LogP contribution in [0, 0.1) is 24.2 Å². The molecule has 1 aliphatic rings. The van der Waals surface area contributed by atoms with Gasteiger partial charge in [0.2, 0.25) is 0 Å². The molecule has 29 heavy (non-hydrogen) atoms. The Hall–Kier alpha value is -3.32. The van der Waals surface area contributed by atoms with E-state index in [9.17, 15) is 14.4 Å². The summed E-state index contributed by atoms with van der Waals surface area (Å²) in [5, 5.41) is 18.0. The first-order chi connectivity index (χ1) is 14.0. The molecule has 2 heterocycles. The maximum atomic E-state index is 12.5. The summed E-state index contributed by atoms with van der Waals surface area (Å²) < 4.78 is 3.80. The molecule has 1 saturated heterocycles. The van der Waals surface area contributed by atoms with Crippen molar-refractivity contribution in [2.75, 3.05) is 25.0 Å². The number of benzene rings is 1. The predicted octanol–water partition coefficient (Wildman–Crippen LogP) is 1.33. The van der Waals surface area contributed by atoms with Crippen LogP contribution in [0.1, 0.15) is 33.8 Å². The average molecular weight is 412 g/mol. The maximum absolute atomic E-state index is 12.5. The normalized spacial score (nSPS) is 14.1. The number of amides is 3. The van der Waals surface area contributed by atoms with Gasteiger partial charge in [0.05, 0.1) is 16.9 Å². The topological polar surface area (TPSA) is 128 Å². The zero-order valence-corrected chi connectivity index (χ0v) is 16.7. The van der Waals surface area contributed by atoms with Gasteiger partial charge in [-0.25, -0.2) is 0 Å². The van der Waals surface area contributed by atoms with Crippen LogP contribution in [0.3, 0.4) is 0 Å². The number of aryl methyl sites for hydroxylation is 1. The summed E-state index contributed by atoms with van der Waals surface area (Å²) >= 11 is 1.10. The number of aromatic nitrogens is 2. The fourth-order valence-electron chi connectivity index (χ4n) is 3.10. The number of hydrogen-bond donors (Lipinski definition) is 2.